The van der Waals surface area contributed by atoms with Crippen molar-refractivity contribution < 1.29 is 0 Å². The molecular formula is C51H32N6S. The number of thiophene rings is 1. The van der Waals surface area contributed by atoms with Crippen molar-refractivity contribution in [1.82, 2.24) is 24.1 Å². The van der Waals surface area contributed by atoms with Gasteiger partial charge in [-0.3, -0.25) is 0 Å². The van der Waals surface area contributed by atoms with E-state index in [4.69, 9.17) is 20.7 Å². The number of rotatable bonds is 5. The highest BCUT2D eigenvalue weighted by atomic mass is 32.1. The summed E-state index contributed by atoms with van der Waals surface area (Å²) in [6, 6.07) is 63.7. The highest BCUT2D eigenvalue weighted by Gasteiger charge is 2.22. The van der Waals surface area contributed by atoms with E-state index >= 15 is 0 Å². The second kappa shape index (κ2) is 12.7. The zero-order valence-corrected chi connectivity index (χ0v) is 31.9. The van der Waals surface area contributed by atoms with Crippen LogP contribution in [0.3, 0.4) is 0 Å². The van der Waals surface area contributed by atoms with Crippen LogP contribution in [0.5, 0.6) is 0 Å². The van der Waals surface area contributed by atoms with E-state index in [1.165, 1.54) is 41.7 Å². The summed E-state index contributed by atoms with van der Waals surface area (Å²) in [5, 5.41) is 7.14. The summed E-state index contributed by atoms with van der Waals surface area (Å²) < 4.78 is 7.19. The van der Waals surface area contributed by atoms with Crippen LogP contribution in [0, 0.1) is 0 Å². The van der Waals surface area contributed by atoms with E-state index in [1.807, 2.05) is 36.4 Å². The van der Waals surface area contributed by atoms with Crippen LogP contribution in [-0.2, 0) is 0 Å². The molecule has 4 aromatic heterocycles. The van der Waals surface area contributed by atoms with Gasteiger partial charge in [-0.05, 0) is 72.8 Å². The van der Waals surface area contributed by atoms with Gasteiger partial charge in [-0.2, -0.15) is 0 Å². The molecule has 0 fully saturated rings. The van der Waals surface area contributed by atoms with Gasteiger partial charge in [-0.15, -0.1) is 11.3 Å². The number of hydrogen-bond donors (Lipinski definition) is 1. The van der Waals surface area contributed by atoms with Crippen LogP contribution in [0.25, 0.3) is 109 Å². The standard InChI is InChI=1S/C51H32N6S/c52-40-30-33(51-54-49(31-13-3-1-4-14-31)53-50(55-51)32-24-28-46-39(29-32)36-18-9-12-22-45(36)58-46)23-26-43(40)57-41-20-10-7-17-35(41)37-25-27-44-47(48(37)57)38-19-8-11-21-42(38)56(44)34-15-5-2-6-16-34/h1-30H,52H2. The maximum absolute atomic E-state index is 7.19. The van der Waals surface area contributed by atoms with E-state index in [-0.39, 0.29) is 0 Å². The Morgan fingerprint density at radius 1 is 0.397 bits per heavy atom. The van der Waals surface area contributed by atoms with Gasteiger partial charge in [0.2, 0.25) is 0 Å². The Kier molecular flexibility index (Phi) is 7.15. The molecule has 0 unspecified atom stereocenters. The molecule has 0 saturated carbocycles. The number of benzene rings is 8. The van der Waals surface area contributed by atoms with Crippen molar-refractivity contribution in [3.05, 3.63) is 182 Å². The number of anilines is 1. The molecule has 6 nitrogen and oxygen atoms in total. The number of nitrogens with zero attached hydrogens (tertiary/aromatic N) is 5. The fourth-order valence-corrected chi connectivity index (χ4v) is 9.81. The minimum absolute atomic E-state index is 0.563. The van der Waals surface area contributed by atoms with E-state index in [1.54, 1.807) is 11.3 Å². The first-order valence-corrected chi connectivity index (χ1v) is 20.1. The van der Waals surface area contributed by atoms with Gasteiger partial charge in [0.25, 0.3) is 0 Å². The normalized spacial score (nSPS) is 11.9. The van der Waals surface area contributed by atoms with Gasteiger partial charge < -0.3 is 14.9 Å². The molecule has 4 heterocycles. The number of nitrogen functional groups attached to an aromatic ring is 1. The lowest BCUT2D eigenvalue weighted by atomic mass is 10.1. The zero-order valence-electron chi connectivity index (χ0n) is 31.0. The van der Waals surface area contributed by atoms with Crippen LogP contribution >= 0.6 is 11.3 Å². The van der Waals surface area contributed by atoms with Gasteiger partial charge in [-0.25, -0.2) is 15.0 Å². The number of hydrogen-bond acceptors (Lipinski definition) is 5. The summed E-state index contributed by atoms with van der Waals surface area (Å²) in [6.45, 7) is 0. The molecule has 0 atom stereocenters. The van der Waals surface area contributed by atoms with E-state index in [9.17, 15) is 0 Å². The van der Waals surface area contributed by atoms with E-state index in [2.05, 4.69) is 155 Å². The Hall–Kier alpha value is -7.61. The fraction of sp³-hybridized carbons (Fsp3) is 0. The summed E-state index contributed by atoms with van der Waals surface area (Å²) in [6.07, 6.45) is 0. The molecule has 0 spiro atoms. The Bertz CT molecular complexity index is 3580. The summed E-state index contributed by atoms with van der Waals surface area (Å²) in [4.78, 5) is 15.2. The lowest BCUT2D eigenvalue weighted by Gasteiger charge is -2.14. The van der Waals surface area contributed by atoms with E-state index in [0.29, 0.717) is 23.2 Å². The molecule has 0 aliphatic carbocycles. The van der Waals surface area contributed by atoms with Crippen molar-refractivity contribution in [2.75, 3.05) is 5.73 Å². The van der Waals surface area contributed by atoms with Gasteiger partial charge in [-0.1, -0.05) is 109 Å². The fourth-order valence-electron chi connectivity index (χ4n) is 8.73. The minimum Gasteiger partial charge on any atom is -0.397 e. The molecule has 12 rings (SSSR count). The highest BCUT2D eigenvalue weighted by Crippen LogP contribution is 2.43. The quantitative estimate of drug-likeness (QED) is 0.177. The molecule has 8 aromatic carbocycles. The summed E-state index contributed by atoms with van der Waals surface area (Å²) >= 11 is 1.80. The third kappa shape index (κ3) is 4.94. The minimum atomic E-state index is 0.563. The van der Waals surface area contributed by atoms with Gasteiger partial charge in [0.1, 0.15) is 0 Å². The maximum atomic E-state index is 7.19. The number of para-hydroxylation sites is 3. The maximum Gasteiger partial charge on any atom is 0.164 e. The second-order valence-electron chi connectivity index (χ2n) is 14.7. The van der Waals surface area contributed by atoms with Crippen LogP contribution in [0.15, 0.2) is 182 Å². The van der Waals surface area contributed by atoms with Crippen molar-refractivity contribution in [3.8, 4) is 45.5 Å². The average Bonchev–Trinajstić information content (AvgIpc) is 3.94. The Morgan fingerprint density at radius 2 is 0.983 bits per heavy atom. The first-order chi connectivity index (χ1) is 28.7. The Labute approximate surface area is 336 Å². The predicted octanol–water partition coefficient (Wildman–Crippen LogP) is 13.0. The smallest absolute Gasteiger partial charge is 0.164 e. The predicted molar refractivity (Wildman–Crippen MR) is 242 cm³/mol. The summed E-state index contributed by atoms with van der Waals surface area (Å²) in [7, 11) is 0. The Morgan fingerprint density at radius 3 is 1.74 bits per heavy atom. The monoisotopic (exact) mass is 760 g/mol. The molecular weight excluding hydrogens is 729 g/mol. The van der Waals surface area contributed by atoms with Crippen LogP contribution < -0.4 is 5.73 Å². The number of fused-ring (bicyclic) bond motifs is 10. The number of aromatic nitrogens is 5. The molecule has 58 heavy (non-hydrogen) atoms. The lowest BCUT2D eigenvalue weighted by Crippen LogP contribution is -2.03. The average molecular weight is 761 g/mol. The molecule has 0 saturated heterocycles. The molecule has 7 heteroatoms. The van der Waals surface area contributed by atoms with Crippen LogP contribution in [0.2, 0.25) is 0 Å². The third-order valence-corrected chi connectivity index (χ3v) is 12.5. The third-order valence-electron chi connectivity index (χ3n) is 11.3. The van der Waals surface area contributed by atoms with Crippen molar-refractivity contribution in [2.24, 2.45) is 0 Å². The molecule has 0 radical (unpaired) electrons. The summed E-state index contributed by atoms with van der Waals surface area (Å²) in [5.41, 5.74) is 17.0. The van der Waals surface area contributed by atoms with Crippen LogP contribution in [-0.4, -0.2) is 24.1 Å². The molecule has 0 bridgehead atoms. The summed E-state index contributed by atoms with van der Waals surface area (Å²) in [5.74, 6) is 1.79. The zero-order chi connectivity index (χ0) is 38.3. The first-order valence-electron chi connectivity index (χ1n) is 19.3. The van der Waals surface area contributed by atoms with Crippen molar-refractivity contribution in [2.45, 2.75) is 0 Å². The van der Waals surface area contributed by atoms with Gasteiger partial charge in [0.15, 0.2) is 17.5 Å². The van der Waals surface area contributed by atoms with E-state index in [0.717, 1.165) is 50.1 Å². The Balaban J connectivity index is 1.07. The number of nitrogens with two attached hydrogens (primary N) is 1. The molecule has 272 valence electrons. The van der Waals surface area contributed by atoms with Crippen LogP contribution in [0.1, 0.15) is 0 Å². The molecule has 0 aliphatic rings. The van der Waals surface area contributed by atoms with Crippen molar-refractivity contribution in [1.29, 1.82) is 0 Å². The highest BCUT2D eigenvalue weighted by molar-refractivity contribution is 7.25. The lowest BCUT2D eigenvalue weighted by molar-refractivity contribution is 1.07. The van der Waals surface area contributed by atoms with Gasteiger partial charge in [0, 0.05) is 64.1 Å². The van der Waals surface area contributed by atoms with Crippen molar-refractivity contribution >= 4 is 80.8 Å². The largest absolute Gasteiger partial charge is 0.397 e. The van der Waals surface area contributed by atoms with Gasteiger partial charge in [0.05, 0.1) is 33.4 Å². The second-order valence-corrected chi connectivity index (χ2v) is 15.7. The molecule has 0 amide bonds. The SMILES string of the molecule is Nc1cc(-c2nc(-c3ccccc3)nc(-c3ccc4sc5ccccc5c4c3)n2)ccc1-n1c2ccccc2c2ccc3c(c4ccccc4n3-c3ccccc3)c21. The topological polar surface area (TPSA) is 74.6 Å². The van der Waals surface area contributed by atoms with E-state index < -0.39 is 0 Å². The molecule has 12 aromatic rings. The molecule has 0 aliphatic heterocycles. The van der Waals surface area contributed by atoms with Crippen molar-refractivity contribution in [3.63, 3.8) is 0 Å². The first kappa shape index (κ1) is 32.6. The van der Waals surface area contributed by atoms with Gasteiger partial charge >= 0.3 is 0 Å². The van der Waals surface area contributed by atoms with Crippen LogP contribution in [0.4, 0.5) is 5.69 Å². The molecule has 2 N–H and O–H groups in total.